The Hall–Kier alpha value is -4.19. The fourth-order valence-corrected chi connectivity index (χ4v) is 5.96. The second-order valence-corrected chi connectivity index (χ2v) is 15.4. The van der Waals surface area contributed by atoms with Gasteiger partial charge in [0.2, 0.25) is 0 Å². The van der Waals surface area contributed by atoms with E-state index in [1.54, 1.807) is 0 Å². The Labute approximate surface area is 373 Å². The average Bonchev–Trinajstić information content (AvgIpc) is 3.26. The van der Waals surface area contributed by atoms with Crippen molar-refractivity contribution in [3.05, 3.63) is 122 Å². The van der Waals surface area contributed by atoms with Gasteiger partial charge in [0.1, 0.15) is 13.2 Å². The highest BCUT2D eigenvalue weighted by molar-refractivity contribution is 5.71. The monoisotopic (exact) mass is 843 g/mol. The summed E-state index contributed by atoms with van der Waals surface area (Å²) >= 11 is 0. The smallest absolute Gasteiger partial charge is 0.306 e. The first-order valence-corrected chi connectivity index (χ1v) is 24.1. The second-order valence-electron chi connectivity index (χ2n) is 15.4. The van der Waals surface area contributed by atoms with Crippen LogP contribution in [0.4, 0.5) is 0 Å². The van der Waals surface area contributed by atoms with Crippen LogP contribution in [0.1, 0.15) is 188 Å². The van der Waals surface area contributed by atoms with Crippen LogP contribution in [0.5, 0.6) is 0 Å². The van der Waals surface area contributed by atoms with Gasteiger partial charge < -0.3 is 14.2 Å². The summed E-state index contributed by atoms with van der Waals surface area (Å²) in [5.41, 5.74) is 0. The molecule has 0 rings (SSSR count). The Kier molecular flexibility index (Phi) is 45.1. The van der Waals surface area contributed by atoms with Gasteiger partial charge in [0, 0.05) is 19.3 Å². The van der Waals surface area contributed by atoms with Crippen molar-refractivity contribution in [2.75, 3.05) is 13.2 Å². The Morgan fingerprint density at radius 1 is 0.361 bits per heavy atom. The number of esters is 3. The molecule has 0 aliphatic carbocycles. The van der Waals surface area contributed by atoms with Crippen molar-refractivity contribution >= 4 is 17.9 Å². The Balaban J connectivity index is 4.55. The lowest BCUT2D eigenvalue weighted by molar-refractivity contribution is -0.167. The lowest BCUT2D eigenvalue weighted by Gasteiger charge is -2.18. The van der Waals surface area contributed by atoms with Crippen molar-refractivity contribution in [3.63, 3.8) is 0 Å². The zero-order chi connectivity index (χ0) is 44.4. The molecular formula is C55H86O6. The van der Waals surface area contributed by atoms with E-state index in [9.17, 15) is 14.4 Å². The molecule has 0 aromatic carbocycles. The summed E-state index contributed by atoms with van der Waals surface area (Å²) in [5, 5.41) is 0. The van der Waals surface area contributed by atoms with E-state index < -0.39 is 6.10 Å². The standard InChI is InChI=1S/C55H86O6/c1-4-7-10-13-16-19-22-25-26-27-28-31-33-36-39-42-45-48-54(57)60-51-52(61-55(58)49-46-43-40-37-34-30-24-21-18-15-12-9-6-3)50-59-53(56)47-44-41-38-35-32-29-23-20-17-14-11-8-5-2/h8-9,11-12,14-21,23-26,28,31,36,39,52H,4-7,10,13,22,27,29-30,32-35,37-38,40-51H2,1-3H3/b11-8-,12-9-,17-14-,18-15-,19-16-,23-20-,24-21-,26-25-,31-28-,39-36-. The number of rotatable bonds is 41. The van der Waals surface area contributed by atoms with Crippen LogP contribution >= 0.6 is 0 Å². The molecule has 0 bridgehead atoms. The minimum absolute atomic E-state index is 0.118. The fraction of sp³-hybridized carbons (Fsp3) is 0.582. The molecule has 0 spiro atoms. The molecule has 0 radical (unpaired) electrons. The zero-order valence-electron chi connectivity index (χ0n) is 38.9. The third-order valence-corrected chi connectivity index (χ3v) is 9.55. The molecule has 0 aliphatic rings. The molecule has 0 aliphatic heterocycles. The summed E-state index contributed by atoms with van der Waals surface area (Å²) in [6.45, 7) is 6.23. The number of hydrogen-bond donors (Lipinski definition) is 0. The molecule has 0 saturated heterocycles. The van der Waals surface area contributed by atoms with Crippen LogP contribution in [-0.4, -0.2) is 37.2 Å². The quantitative estimate of drug-likeness (QED) is 0.0201. The van der Waals surface area contributed by atoms with Crippen molar-refractivity contribution in [3.8, 4) is 0 Å². The molecule has 1 unspecified atom stereocenters. The molecule has 6 nitrogen and oxygen atoms in total. The van der Waals surface area contributed by atoms with E-state index in [2.05, 4.69) is 130 Å². The fourth-order valence-electron chi connectivity index (χ4n) is 5.96. The summed E-state index contributed by atoms with van der Waals surface area (Å²) in [7, 11) is 0. The number of hydrogen-bond acceptors (Lipinski definition) is 6. The SMILES string of the molecule is CC\C=C/C=C\C=C/CCCCCCCC(=O)OCC(COC(=O)CCC/C=C\C/C=C\C/C=C\C/C=C\CCCCC)OC(=O)CCCCCCC\C=C/C=C\C=C/CC. The summed E-state index contributed by atoms with van der Waals surface area (Å²) in [4.78, 5) is 37.9. The molecule has 0 N–H and O–H groups in total. The molecular weight excluding hydrogens is 757 g/mol. The Morgan fingerprint density at radius 3 is 1.20 bits per heavy atom. The highest BCUT2D eigenvalue weighted by atomic mass is 16.6. The molecule has 1 atom stereocenters. The molecule has 6 heteroatoms. The molecule has 0 amide bonds. The minimum Gasteiger partial charge on any atom is -0.462 e. The summed E-state index contributed by atoms with van der Waals surface area (Å²) in [5.74, 6) is -1.03. The van der Waals surface area contributed by atoms with Crippen LogP contribution in [-0.2, 0) is 28.6 Å². The first-order chi connectivity index (χ1) is 30.0. The predicted molar refractivity (Wildman–Crippen MR) is 260 cm³/mol. The van der Waals surface area contributed by atoms with E-state index in [4.69, 9.17) is 14.2 Å². The number of ether oxygens (including phenoxy) is 3. The Morgan fingerprint density at radius 2 is 0.721 bits per heavy atom. The van der Waals surface area contributed by atoms with Gasteiger partial charge in [-0.1, -0.05) is 194 Å². The minimum atomic E-state index is -0.821. The summed E-state index contributed by atoms with van der Waals surface area (Å²) < 4.78 is 16.7. The third kappa shape index (κ3) is 46.7. The predicted octanol–water partition coefficient (Wildman–Crippen LogP) is 15.7. The average molecular weight is 843 g/mol. The third-order valence-electron chi connectivity index (χ3n) is 9.55. The van der Waals surface area contributed by atoms with E-state index in [1.165, 1.54) is 25.7 Å². The van der Waals surface area contributed by atoms with Crippen molar-refractivity contribution in [1.82, 2.24) is 0 Å². The van der Waals surface area contributed by atoms with Crippen molar-refractivity contribution in [1.29, 1.82) is 0 Å². The van der Waals surface area contributed by atoms with E-state index >= 15 is 0 Å². The number of allylic oxidation sites excluding steroid dienone is 20. The second kappa shape index (κ2) is 48.5. The van der Waals surface area contributed by atoms with Gasteiger partial charge in [-0.2, -0.15) is 0 Å². The lowest BCUT2D eigenvalue weighted by atomic mass is 10.1. The van der Waals surface area contributed by atoms with Crippen molar-refractivity contribution in [2.24, 2.45) is 0 Å². The van der Waals surface area contributed by atoms with E-state index in [0.717, 1.165) is 116 Å². The van der Waals surface area contributed by atoms with Crippen LogP contribution in [0.25, 0.3) is 0 Å². The van der Waals surface area contributed by atoms with Crippen LogP contribution in [0.3, 0.4) is 0 Å². The van der Waals surface area contributed by atoms with Gasteiger partial charge in [-0.05, 0) is 96.3 Å². The first kappa shape index (κ1) is 56.8. The normalized spacial score (nSPS) is 13.2. The molecule has 0 heterocycles. The van der Waals surface area contributed by atoms with E-state index in [1.807, 2.05) is 12.2 Å². The van der Waals surface area contributed by atoms with Crippen LogP contribution in [0, 0.1) is 0 Å². The van der Waals surface area contributed by atoms with Gasteiger partial charge in [-0.3, -0.25) is 14.4 Å². The summed E-state index contributed by atoms with van der Waals surface area (Å²) in [6.07, 6.45) is 66.1. The van der Waals surface area contributed by atoms with Crippen molar-refractivity contribution < 1.29 is 28.6 Å². The van der Waals surface area contributed by atoms with Crippen LogP contribution in [0.2, 0.25) is 0 Å². The van der Waals surface area contributed by atoms with Gasteiger partial charge in [-0.15, -0.1) is 0 Å². The maximum atomic E-state index is 12.7. The number of unbranched alkanes of at least 4 members (excludes halogenated alkanes) is 14. The first-order valence-electron chi connectivity index (χ1n) is 24.1. The van der Waals surface area contributed by atoms with E-state index in [-0.39, 0.29) is 44.0 Å². The van der Waals surface area contributed by atoms with Crippen LogP contribution < -0.4 is 0 Å². The maximum Gasteiger partial charge on any atom is 0.306 e. The maximum absolute atomic E-state index is 12.7. The summed E-state index contributed by atoms with van der Waals surface area (Å²) in [6, 6.07) is 0. The largest absolute Gasteiger partial charge is 0.462 e. The number of carbonyl (C=O) groups is 3. The zero-order valence-corrected chi connectivity index (χ0v) is 38.9. The topological polar surface area (TPSA) is 78.9 Å². The van der Waals surface area contributed by atoms with Gasteiger partial charge >= 0.3 is 17.9 Å². The van der Waals surface area contributed by atoms with E-state index in [0.29, 0.717) is 12.8 Å². The molecule has 0 saturated carbocycles. The van der Waals surface area contributed by atoms with Gasteiger partial charge in [-0.25, -0.2) is 0 Å². The van der Waals surface area contributed by atoms with Gasteiger partial charge in [0.05, 0.1) is 0 Å². The van der Waals surface area contributed by atoms with Crippen LogP contribution in [0.15, 0.2) is 122 Å². The highest BCUT2D eigenvalue weighted by Crippen LogP contribution is 2.12. The van der Waals surface area contributed by atoms with Gasteiger partial charge in [0.25, 0.3) is 0 Å². The van der Waals surface area contributed by atoms with Gasteiger partial charge in [0.15, 0.2) is 6.10 Å². The Bertz CT molecular complexity index is 1340. The number of carbonyl (C=O) groups excluding carboxylic acids is 3. The molecule has 342 valence electrons. The highest BCUT2D eigenvalue weighted by Gasteiger charge is 2.19. The van der Waals surface area contributed by atoms with Crippen molar-refractivity contribution in [2.45, 2.75) is 194 Å². The molecule has 0 aromatic heterocycles. The molecule has 61 heavy (non-hydrogen) atoms. The lowest BCUT2D eigenvalue weighted by Crippen LogP contribution is -2.30. The molecule has 0 aromatic rings. The molecule has 0 fully saturated rings.